The van der Waals surface area contributed by atoms with Crippen LogP contribution in [0.5, 0.6) is 0 Å². The monoisotopic (exact) mass is 368 g/mol. The molecule has 5 atom stereocenters. The van der Waals surface area contributed by atoms with Gasteiger partial charge in [0.15, 0.2) is 0 Å². The van der Waals surface area contributed by atoms with Crippen LogP contribution in [-0.2, 0) is 15.1 Å². The van der Waals surface area contributed by atoms with Gasteiger partial charge in [0, 0.05) is 0 Å². The second-order valence-electron chi connectivity index (χ2n) is 12.9. The first-order valence-electron chi connectivity index (χ1n) is 10.0. The van der Waals surface area contributed by atoms with Crippen molar-refractivity contribution in [3.63, 3.8) is 0 Å². The van der Waals surface area contributed by atoms with Crippen LogP contribution in [0, 0.1) is 0 Å². The molecule has 0 amide bonds. The van der Waals surface area contributed by atoms with Crippen molar-refractivity contribution in [2.75, 3.05) is 6.61 Å². The van der Waals surface area contributed by atoms with Gasteiger partial charge in [-0.1, -0.05) is 0 Å². The Morgan fingerprint density at radius 1 is 0.720 bits per heavy atom. The second kappa shape index (κ2) is 1.10. The molecule has 2 aromatic carbocycles. The van der Waals surface area contributed by atoms with Crippen molar-refractivity contribution in [3.05, 3.63) is 71.8 Å². The molecular weight excluding hydrogens is 348 g/mol. The molecule has 10 aliphatic rings. The summed E-state index contributed by atoms with van der Waals surface area (Å²) in [7, 11) is 0. The Morgan fingerprint density at radius 3 is 1.72 bits per heavy atom. The number of hydrogen-bond acceptors (Lipinski definition) is 1. The van der Waals surface area contributed by atoms with Gasteiger partial charge in [-0.15, -0.1) is 0 Å². The molecule has 0 aromatic heterocycles. The standard InChI is InChI=1S/C18H15O.C5H5.Fe/c19-13-16-11-12-17(14-7-3-1-4-8-14)18(16)15-9-5-2-6-10-15;1-2-4-5-3-1;/h1-12,19H,13H2;1-5H;. The summed E-state index contributed by atoms with van der Waals surface area (Å²) in [5.74, 6) is 0. The van der Waals surface area contributed by atoms with Crippen molar-refractivity contribution in [2.24, 2.45) is 0 Å². The molecule has 10 fully saturated rings. The third kappa shape index (κ3) is 0.137. The molecule has 0 saturated carbocycles. The quantitative estimate of drug-likeness (QED) is 0.760. The minimum absolute atomic E-state index is 0.457. The van der Waals surface area contributed by atoms with Crippen LogP contribution in [0.3, 0.4) is 0 Å². The first kappa shape index (κ1) is 10.3. The molecule has 25 heavy (non-hydrogen) atoms. The van der Waals surface area contributed by atoms with Crippen molar-refractivity contribution in [1.82, 2.24) is 0 Å². The Balaban J connectivity index is 1.46. The van der Waals surface area contributed by atoms with Crippen molar-refractivity contribution in [3.8, 4) is 0 Å². The van der Waals surface area contributed by atoms with Crippen molar-refractivity contribution in [2.45, 2.75) is 46.7 Å². The SMILES string of the molecule is OC[C]12[CH]3[CH]4[C]5(c6ccccc6)[C]1(c1ccccc1)[Fe]34251678[CH]2[CH]1[CH]6[CH]7[CH]28. The first-order chi connectivity index (χ1) is 12.1. The van der Waals surface area contributed by atoms with E-state index in [1.165, 1.54) is 24.1 Å². The van der Waals surface area contributed by atoms with E-state index in [-0.39, 0.29) is 0 Å². The molecule has 2 aromatic rings. The number of aliphatic hydroxyl groups is 1. The zero-order valence-corrected chi connectivity index (χ0v) is 14.9. The second-order valence-corrected chi connectivity index (χ2v) is 35.9. The molecule has 1 N–H and O–H groups in total. The van der Waals surface area contributed by atoms with Gasteiger partial charge >= 0.3 is 137 Å². The fourth-order valence-electron chi connectivity index (χ4n) is 20.9. The number of aliphatic hydroxyl groups excluding tert-OH is 1. The summed E-state index contributed by atoms with van der Waals surface area (Å²) >= 11 is 0. The molecule has 2 heteroatoms. The fourth-order valence-corrected chi connectivity index (χ4v) is 99.3. The third-order valence-corrected chi connectivity index (χ3v) is 61.8. The number of rotatable bonds is 3. The molecular formula is C23H20FeO. The topological polar surface area (TPSA) is 20.2 Å². The van der Waals surface area contributed by atoms with Gasteiger partial charge in [-0.05, 0) is 0 Å². The van der Waals surface area contributed by atoms with Gasteiger partial charge in [0.25, 0.3) is 0 Å². The van der Waals surface area contributed by atoms with E-state index in [1.807, 2.05) is 0 Å². The molecule has 0 radical (unpaired) electrons. The van der Waals surface area contributed by atoms with E-state index in [0.29, 0.717) is 19.5 Å². The van der Waals surface area contributed by atoms with Gasteiger partial charge in [0.05, 0.1) is 0 Å². The molecule has 1 nitrogen and oxygen atoms in total. The average Bonchev–Trinajstić information content (AvgIpc) is 3.62. The molecule has 12 rings (SSSR count). The van der Waals surface area contributed by atoms with Crippen LogP contribution < -0.4 is 0 Å². The van der Waals surface area contributed by atoms with Crippen LogP contribution in [0.25, 0.3) is 0 Å². The molecule has 10 saturated heterocycles. The molecule has 126 valence electrons. The Morgan fingerprint density at radius 2 is 1.24 bits per heavy atom. The van der Waals surface area contributed by atoms with Gasteiger partial charge in [-0.25, -0.2) is 0 Å². The van der Waals surface area contributed by atoms with Crippen LogP contribution >= 0.6 is 0 Å². The van der Waals surface area contributed by atoms with Crippen LogP contribution in [0.15, 0.2) is 60.7 Å². The predicted octanol–water partition coefficient (Wildman–Crippen LogP) is 4.95. The Hall–Kier alpha value is -1.08. The summed E-state index contributed by atoms with van der Waals surface area (Å²) in [4.78, 5) is 8.05. The normalized spacial score (nSPS) is 90.5. The van der Waals surface area contributed by atoms with Crippen molar-refractivity contribution < 1.29 is 11.6 Å². The van der Waals surface area contributed by atoms with E-state index in [9.17, 15) is 5.11 Å². The molecule has 10 heterocycles. The molecule has 5 unspecified atom stereocenters. The van der Waals surface area contributed by atoms with E-state index in [2.05, 4.69) is 60.7 Å². The Bertz CT molecular complexity index is 1520. The maximum atomic E-state index is 11.0. The Kier molecular flexibility index (Phi) is 0.455. The summed E-state index contributed by atoms with van der Waals surface area (Å²) in [6, 6.07) is 23.5. The Labute approximate surface area is 136 Å². The molecule has 10 aliphatic heterocycles. The number of fused-ring (bicyclic) bond motifs is 10. The van der Waals surface area contributed by atoms with E-state index in [4.69, 9.17) is 0 Å². The fraction of sp³-hybridized carbons (Fsp3) is 0.478. The van der Waals surface area contributed by atoms with E-state index in [1.54, 1.807) is 11.1 Å². The molecule has 0 bridgehead atoms. The average molecular weight is 368 g/mol. The number of hydrogen-bond donors (Lipinski definition) is 1. The van der Waals surface area contributed by atoms with Gasteiger partial charge in [-0.3, -0.25) is 0 Å². The maximum absolute atomic E-state index is 11.0. The molecule has 0 aliphatic carbocycles. The zero-order chi connectivity index (χ0) is 15.8. The first-order valence-corrected chi connectivity index (χ1v) is 16.1. The molecule has 1 spiro atoms. The predicted molar refractivity (Wildman–Crippen MR) is 92.3 cm³/mol. The summed E-state index contributed by atoms with van der Waals surface area (Å²) in [6.45, 7) is -3.26. The van der Waals surface area contributed by atoms with Gasteiger partial charge in [-0.2, -0.15) is 0 Å². The van der Waals surface area contributed by atoms with Crippen molar-refractivity contribution in [1.29, 1.82) is 0 Å². The van der Waals surface area contributed by atoms with E-state index in [0.717, 1.165) is 9.63 Å². The number of benzene rings is 2. The van der Waals surface area contributed by atoms with Crippen LogP contribution in [0.2, 0.25) is 38.0 Å². The summed E-state index contributed by atoms with van der Waals surface area (Å²) in [5, 5.41) is 11.0. The van der Waals surface area contributed by atoms with Crippen molar-refractivity contribution >= 4 is 0 Å². The van der Waals surface area contributed by atoms with E-state index < -0.39 is 6.51 Å². The van der Waals surface area contributed by atoms with E-state index >= 15 is 0 Å². The third-order valence-electron chi connectivity index (χ3n) is 17.9. The van der Waals surface area contributed by atoms with Crippen LogP contribution in [0.1, 0.15) is 11.1 Å². The van der Waals surface area contributed by atoms with Gasteiger partial charge in [0.2, 0.25) is 0 Å². The van der Waals surface area contributed by atoms with Crippen LogP contribution in [-0.4, -0.2) is 11.7 Å². The van der Waals surface area contributed by atoms with Gasteiger partial charge in [0.1, 0.15) is 0 Å². The minimum atomic E-state index is -3.81. The summed E-state index contributed by atoms with van der Waals surface area (Å²) in [6.07, 6.45) is 0. The summed E-state index contributed by atoms with van der Waals surface area (Å²) < 4.78 is 1.53. The zero-order valence-electron chi connectivity index (χ0n) is 13.8. The van der Waals surface area contributed by atoms with Gasteiger partial charge < -0.3 is 0 Å². The summed E-state index contributed by atoms with van der Waals surface area (Å²) in [5.41, 5.74) is 3.41. The van der Waals surface area contributed by atoms with Crippen LogP contribution in [0.4, 0.5) is 0 Å².